The van der Waals surface area contributed by atoms with Crippen LogP contribution >= 0.6 is 0 Å². The van der Waals surface area contributed by atoms with Crippen LogP contribution in [0.1, 0.15) is 162 Å². The highest BCUT2D eigenvalue weighted by Gasteiger charge is 2.10. The molecule has 0 amide bonds. The fourth-order valence-electron chi connectivity index (χ4n) is 8.30. The first kappa shape index (κ1) is 64.3. The standard InChI is InChI=1S/C56H108N4O6/c1-4-6-8-10-11-12-13-14-15-16-17-18-20-23-26-30-36-57(38-32-40-59(42-48-61)43-49-62)46-52-65-54-55-66-53-47-58(39-33-41-60(44-50-63)45-51-64)37-31-27-24-21-19-22-25-29-35-56(3)34-28-9-7-5-2/h5,7,9,14-15,28-29,34-35,56,61-64H,2,4,6,8,10-13,16-27,30-33,36-55H2,1,3H3/b9-7+,15-14+,34-28+,35-29-. The molecule has 1 atom stereocenters. The highest BCUT2D eigenvalue weighted by atomic mass is 16.5. The predicted octanol–water partition coefficient (Wildman–Crippen LogP) is 10.2. The molecule has 4 N–H and O–H groups in total. The summed E-state index contributed by atoms with van der Waals surface area (Å²) >= 11 is 0. The topological polar surface area (TPSA) is 112 Å². The summed E-state index contributed by atoms with van der Waals surface area (Å²) in [5, 5.41) is 37.8. The van der Waals surface area contributed by atoms with E-state index in [-0.39, 0.29) is 26.4 Å². The molecule has 0 heterocycles. The van der Waals surface area contributed by atoms with Crippen molar-refractivity contribution in [3.05, 3.63) is 61.3 Å². The maximum atomic E-state index is 9.45. The van der Waals surface area contributed by atoms with Crippen molar-refractivity contribution in [2.75, 3.05) is 131 Å². The number of hydrogen-bond donors (Lipinski definition) is 4. The van der Waals surface area contributed by atoms with E-state index in [0.29, 0.717) is 58.5 Å². The molecule has 0 saturated carbocycles. The first-order valence-corrected chi connectivity index (χ1v) is 27.3. The van der Waals surface area contributed by atoms with Gasteiger partial charge in [0, 0.05) is 39.3 Å². The van der Waals surface area contributed by atoms with E-state index in [1.807, 2.05) is 12.2 Å². The van der Waals surface area contributed by atoms with E-state index in [0.717, 1.165) is 71.6 Å². The van der Waals surface area contributed by atoms with Crippen LogP contribution in [-0.2, 0) is 9.47 Å². The third kappa shape index (κ3) is 47.4. The molecular weight excluding hydrogens is 825 g/mol. The molecule has 0 bridgehead atoms. The van der Waals surface area contributed by atoms with E-state index in [9.17, 15) is 20.4 Å². The summed E-state index contributed by atoms with van der Waals surface area (Å²) in [5.41, 5.74) is 0. The number of aliphatic hydroxyl groups is 4. The van der Waals surface area contributed by atoms with Crippen LogP contribution in [0.25, 0.3) is 0 Å². The molecule has 0 aliphatic carbocycles. The minimum atomic E-state index is 0.117. The molecule has 388 valence electrons. The van der Waals surface area contributed by atoms with E-state index in [2.05, 4.69) is 76.5 Å². The molecule has 1 unspecified atom stereocenters. The Bertz CT molecular complexity index is 1080. The summed E-state index contributed by atoms with van der Waals surface area (Å²) in [5.74, 6) is 0.452. The van der Waals surface area contributed by atoms with Crippen LogP contribution in [0.3, 0.4) is 0 Å². The van der Waals surface area contributed by atoms with Gasteiger partial charge in [0.15, 0.2) is 0 Å². The number of aliphatic hydroxyl groups excluding tert-OH is 4. The number of hydrogen-bond acceptors (Lipinski definition) is 10. The molecule has 0 aliphatic heterocycles. The average Bonchev–Trinajstić information content (AvgIpc) is 3.31. The number of ether oxygens (including phenoxy) is 2. The Labute approximate surface area is 408 Å². The molecule has 10 heteroatoms. The Hall–Kier alpha value is -1.70. The van der Waals surface area contributed by atoms with Crippen molar-refractivity contribution in [2.24, 2.45) is 5.92 Å². The van der Waals surface area contributed by atoms with Crippen LogP contribution in [0.2, 0.25) is 0 Å². The van der Waals surface area contributed by atoms with Crippen molar-refractivity contribution in [1.29, 1.82) is 0 Å². The zero-order valence-corrected chi connectivity index (χ0v) is 43.3. The molecule has 0 fully saturated rings. The molecule has 0 spiro atoms. The lowest BCUT2D eigenvalue weighted by Gasteiger charge is -2.25. The van der Waals surface area contributed by atoms with Gasteiger partial charge in [-0.1, -0.05) is 159 Å². The molecule has 0 aromatic carbocycles. The van der Waals surface area contributed by atoms with E-state index in [1.54, 1.807) is 6.08 Å². The van der Waals surface area contributed by atoms with Crippen LogP contribution in [-0.4, -0.2) is 171 Å². The lowest BCUT2D eigenvalue weighted by molar-refractivity contribution is 0.0300. The number of allylic oxidation sites excluding steroid dienone is 9. The first-order chi connectivity index (χ1) is 32.5. The lowest BCUT2D eigenvalue weighted by Crippen LogP contribution is -2.35. The van der Waals surface area contributed by atoms with Crippen molar-refractivity contribution < 1.29 is 29.9 Å². The molecule has 0 aromatic rings. The van der Waals surface area contributed by atoms with Gasteiger partial charge in [0.25, 0.3) is 0 Å². The minimum Gasteiger partial charge on any atom is -0.395 e. The van der Waals surface area contributed by atoms with Gasteiger partial charge in [-0.15, -0.1) is 0 Å². The molecule has 0 rings (SSSR count). The maximum absolute atomic E-state index is 9.45. The van der Waals surface area contributed by atoms with E-state index < -0.39 is 0 Å². The zero-order chi connectivity index (χ0) is 48.1. The van der Waals surface area contributed by atoms with Gasteiger partial charge in [-0.3, -0.25) is 9.80 Å². The Balaban J connectivity index is 4.59. The largest absolute Gasteiger partial charge is 0.395 e. The van der Waals surface area contributed by atoms with E-state index >= 15 is 0 Å². The Morgan fingerprint density at radius 2 is 0.742 bits per heavy atom. The highest BCUT2D eigenvalue weighted by Crippen LogP contribution is 2.12. The third-order valence-electron chi connectivity index (χ3n) is 12.3. The third-order valence-corrected chi connectivity index (χ3v) is 12.3. The first-order valence-electron chi connectivity index (χ1n) is 27.3. The summed E-state index contributed by atoms with van der Waals surface area (Å²) in [4.78, 5) is 9.36. The fraction of sp³-hybridized carbons (Fsp3) is 0.821. The SMILES string of the molecule is C=C/C=C/C=C/C(C)/C=C\CCCCCCCCN(CCCN(CCO)CCO)CCOCCOCCN(CCCCCCCC/C=C/CCCCCCCC)CCCN(CCO)CCO. The van der Waals surface area contributed by atoms with Gasteiger partial charge in [0.05, 0.1) is 52.9 Å². The summed E-state index contributed by atoms with van der Waals surface area (Å²) in [6, 6.07) is 0. The molecule has 66 heavy (non-hydrogen) atoms. The van der Waals surface area contributed by atoms with Gasteiger partial charge in [0.2, 0.25) is 0 Å². The average molecular weight is 934 g/mol. The summed E-state index contributed by atoms with van der Waals surface area (Å²) in [7, 11) is 0. The predicted molar refractivity (Wildman–Crippen MR) is 284 cm³/mol. The van der Waals surface area contributed by atoms with E-state index in [1.165, 1.54) is 128 Å². The van der Waals surface area contributed by atoms with Crippen molar-refractivity contribution in [3.8, 4) is 0 Å². The van der Waals surface area contributed by atoms with Gasteiger partial charge in [0.1, 0.15) is 0 Å². The van der Waals surface area contributed by atoms with Crippen LogP contribution < -0.4 is 0 Å². The Kier molecular flexibility index (Phi) is 52.8. The molecule has 0 saturated heterocycles. The second kappa shape index (κ2) is 54.2. The van der Waals surface area contributed by atoms with Crippen LogP contribution in [0.15, 0.2) is 61.3 Å². The van der Waals surface area contributed by atoms with Crippen molar-refractivity contribution in [2.45, 2.75) is 162 Å². The van der Waals surface area contributed by atoms with Crippen molar-refractivity contribution in [1.82, 2.24) is 19.6 Å². The monoisotopic (exact) mass is 933 g/mol. The fourth-order valence-corrected chi connectivity index (χ4v) is 8.30. The van der Waals surface area contributed by atoms with Gasteiger partial charge >= 0.3 is 0 Å². The van der Waals surface area contributed by atoms with Crippen LogP contribution in [0.5, 0.6) is 0 Å². The smallest absolute Gasteiger partial charge is 0.0701 e. The molecule has 0 aliphatic rings. The van der Waals surface area contributed by atoms with E-state index in [4.69, 9.17) is 9.47 Å². The quantitative estimate of drug-likeness (QED) is 0.0267. The molecule has 10 nitrogen and oxygen atoms in total. The van der Waals surface area contributed by atoms with Crippen molar-refractivity contribution >= 4 is 0 Å². The van der Waals surface area contributed by atoms with Gasteiger partial charge in [-0.05, 0) is 109 Å². The summed E-state index contributed by atoms with van der Waals surface area (Å²) in [6.07, 6.45) is 48.7. The molecule has 0 radical (unpaired) electrons. The Morgan fingerprint density at radius 1 is 0.379 bits per heavy atom. The maximum Gasteiger partial charge on any atom is 0.0701 e. The second-order valence-electron chi connectivity index (χ2n) is 18.3. The molecular formula is C56H108N4O6. The Morgan fingerprint density at radius 3 is 1.15 bits per heavy atom. The number of nitrogens with zero attached hydrogens (tertiary/aromatic N) is 4. The van der Waals surface area contributed by atoms with Gasteiger partial charge in [-0.25, -0.2) is 0 Å². The lowest BCUT2D eigenvalue weighted by atomic mass is 10.1. The van der Waals surface area contributed by atoms with Crippen molar-refractivity contribution in [3.63, 3.8) is 0 Å². The van der Waals surface area contributed by atoms with Crippen LogP contribution in [0.4, 0.5) is 0 Å². The minimum absolute atomic E-state index is 0.117. The molecule has 0 aromatic heterocycles. The highest BCUT2D eigenvalue weighted by molar-refractivity contribution is 5.11. The number of rotatable bonds is 54. The zero-order valence-electron chi connectivity index (χ0n) is 43.3. The van der Waals surface area contributed by atoms with Gasteiger partial charge in [-0.2, -0.15) is 0 Å². The second-order valence-corrected chi connectivity index (χ2v) is 18.3. The van der Waals surface area contributed by atoms with Crippen LogP contribution in [0, 0.1) is 5.92 Å². The number of unbranched alkanes of at least 4 members (excludes halogenated alkanes) is 18. The summed E-state index contributed by atoms with van der Waals surface area (Å²) < 4.78 is 12.2. The normalized spacial score (nSPS) is 13.0. The summed E-state index contributed by atoms with van der Waals surface area (Å²) in [6.45, 7) is 21.4. The van der Waals surface area contributed by atoms with Gasteiger partial charge < -0.3 is 39.7 Å².